The lowest BCUT2D eigenvalue weighted by Crippen LogP contribution is -2.13. The first-order valence-corrected chi connectivity index (χ1v) is 7.93. The lowest BCUT2D eigenvalue weighted by atomic mass is 10.2. The Kier molecular flexibility index (Phi) is 4.20. The molecule has 0 aliphatic rings. The van der Waals surface area contributed by atoms with E-state index in [1.165, 1.54) is 0 Å². The second kappa shape index (κ2) is 6.04. The zero-order valence-corrected chi connectivity index (χ0v) is 13.9. The molecule has 3 heterocycles. The van der Waals surface area contributed by atoms with Gasteiger partial charge in [-0.05, 0) is 37.6 Å². The summed E-state index contributed by atoms with van der Waals surface area (Å²) in [6.45, 7) is 5.39. The van der Waals surface area contributed by atoms with Gasteiger partial charge in [0.15, 0.2) is 5.65 Å². The van der Waals surface area contributed by atoms with Crippen molar-refractivity contribution >= 4 is 17.4 Å². The summed E-state index contributed by atoms with van der Waals surface area (Å²) in [5.41, 5.74) is 1.31. The average molecular weight is 358 g/mol. The second-order valence-electron chi connectivity index (χ2n) is 5.13. The van der Waals surface area contributed by atoms with Gasteiger partial charge in [0.25, 0.3) is 11.0 Å². The van der Waals surface area contributed by atoms with Gasteiger partial charge in [0.1, 0.15) is 5.03 Å². The molecule has 3 aromatic rings. The number of hydrogen-bond donors (Lipinski definition) is 0. The molecule has 0 atom stereocenters. The molecule has 0 bridgehead atoms. The van der Waals surface area contributed by atoms with Crippen molar-refractivity contribution in [3.8, 4) is 0 Å². The van der Waals surface area contributed by atoms with Crippen LogP contribution in [0, 0.1) is 13.8 Å². The highest BCUT2D eigenvalue weighted by Gasteiger charge is 2.38. The molecule has 0 N–H and O–H groups in total. The maximum absolute atomic E-state index is 13.0. The molecule has 7 nitrogen and oxygen atoms in total. The zero-order valence-electron chi connectivity index (χ0n) is 13.0. The van der Waals surface area contributed by atoms with Gasteiger partial charge in [0.05, 0.1) is 0 Å². The first kappa shape index (κ1) is 16.7. The standard InChI is InChI=1S/C13H13F3N6OS/c1-4-5-8-17-20-12(23-8)24-10-7(3)6(2)9-18-19-11(13(14,15)16)22(9)21-10/h4-5H2,1-3H3. The number of hydrogen-bond acceptors (Lipinski definition) is 7. The van der Waals surface area contributed by atoms with Crippen molar-refractivity contribution in [3.05, 3.63) is 22.8 Å². The molecule has 0 aliphatic heterocycles. The number of fused-ring (bicyclic) bond motifs is 1. The first-order valence-electron chi connectivity index (χ1n) is 7.11. The van der Waals surface area contributed by atoms with Crippen LogP contribution in [-0.2, 0) is 12.6 Å². The fourth-order valence-electron chi connectivity index (χ4n) is 2.05. The van der Waals surface area contributed by atoms with Crippen LogP contribution in [0.2, 0.25) is 0 Å². The van der Waals surface area contributed by atoms with Crippen LogP contribution >= 0.6 is 11.8 Å². The molecule has 0 aromatic carbocycles. The molecule has 0 spiro atoms. The van der Waals surface area contributed by atoms with E-state index in [0.717, 1.165) is 18.2 Å². The third kappa shape index (κ3) is 2.95. The van der Waals surface area contributed by atoms with E-state index < -0.39 is 12.0 Å². The highest BCUT2D eigenvalue weighted by atomic mass is 32.2. The number of rotatable bonds is 4. The quantitative estimate of drug-likeness (QED) is 0.708. The topological polar surface area (TPSA) is 82.0 Å². The van der Waals surface area contributed by atoms with Gasteiger partial charge in [-0.2, -0.15) is 22.8 Å². The van der Waals surface area contributed by atoms with Crippen LogP contribution in [-0.4, -0.2) is 30.0 Å². The minimum absolute atomic E-state index is 0.0707. The molecule has 24 heavy (non-hydrogen) atoms. The first-order chi connectivity index (χ1) is 11.3. The van der Waals surface area contributed by atoms with Crippen molar-refractivity contribution in [2.75, 3.05) is 0 Å². The Bertz CT molecular complexity index is 888. The Morgan fingerprint density at radius 1 is 1.08 bits per heavy atom. The molecule has 0 saturated heterocycles. The molecule has 0 fully saturated rings. The number of halogens is 3. The minimum atomic E-state index is -4.64. The van der Waals surface area contributed by atoms with E-state index >= 15 is 0 Å². The van der Waals surface area contributed by atoms with Crippen LogP contribution in [0.15, 0.2) is 14.7 Å². The van der Waals surface area contributed by atoms with Crippen LogP contribution in [0.1, 0.15) is 36.2 Å². The van der Waals surface area contributed by atoms with Crippen LogP contribution in [0.4, 0.5) is 13.2 Å². The fourth-order valence-corrected chi connectivity index (χ4v) is 2.87. The van der Waals surface area contributed by atoms with Crippen LogP contribution in [0.5, 0.6) is 0 Å². The summed E-state index contributed by atoms with van der Waals surface area (Å²) in [7, 11) is 0. The number of nitrogens with zero attached hydrogens (tertiary/aromatic N) is 6. The molecular weight excluding hydrogens is 345 g/mol. The number of alkyl halides is 3. The van der Waals surface area contributed by atoms with E-state index in [2.05, 4.69) is 25.5 Å². The van der Waals surface area contributed by atoms with Gasteiger partial charge in [-0.1, -0.05) is 6.92 Å². The monoisotopic (exact) mass is 358 g/mol. The highest BCUT2D eigenvalue weighted by Crippen LogP contribution is 2.33. The predicted molar refractivity (Wildman–Crippen MR) is 77.7 cm³/mol. The molecule has 0 saturated carbocycles. The Morgan fingerprint density at radius 2 is 1.83 bits per heavy atom. The van der Waals surface area contributed by atoms with Crippen LogP contribution < -0.4 is 0 Å². The maximum Gasteiger partial charge on any atom is 0.453 e. The summed E-state index contributed by atoms with van der Waals surface area (Å²) in [4.78, 5) is 0. The van der Waals surface area contributed by atoms with Crippen molar-refractivity contribution < 1.29 is 17.6 Å². The Morgan fingerprint density at radius 3 is 2.50 bits per heavy atom. The maximum atomic E-state index is 13.0. The summed E-state index contributed by atoms with van der Waals surface area (Å²) < 4.78 is 45.2. The third-order valence-electron chi connectivity index (χ3n) is 3.40. The molecule has 128 valence electrons. The summed E-state index contributed by atoms with van der Waals surface area (Å²) >= 11 is 1.02. The van der Waals surface area contributed by atoms with E-state index in [4.69, 9.17) is 4.42 Å². The van der Waals surface area contributed by atoms with Crippen molar-refractivity contribution in [2.24, 2.45) is 0 Å². The SMILES string of the molecule is CCCc1nnc(Sc2nn3c(C(F)(F)F)nnc3c(C)c2C)o1. The molecule has 3 rings (SSSR count). The van der Waals surface area contributed by atoms with Crippen molar-refractivity contribution in [2.45, 2.75) is 50.0 Å². The summed E-state index contributed by atoms with van der Waals surface area (Å²) in [5, 5.41) is 19.2. The van der Waals surface area contributed by atoms with Gasteiger partial charge in [-0.15, -0.1) is 20.4 Å². The average Bonchev–Trinajstić information content (AvgIpc) is 3.11. The smallest absolute Gasteiger partial charge is 0.416 e. The lowest BCUT2D eigenvalue weighted by Gasteiger charge is -2.08. The largest absolute Gasteiger partial charge is 0.453 e. The number of aromatic nitrogens is 6. The molecule has 11 heteroatoms. The van der Waals surface area contributed by atoms with Gasteiger partial charge < -0.3 is 4.42 Å². The van der Waals surface area contributed by atoms with E-state index in [1.807, 2.05) is 6.92 Å². The van der Waals surface area contributed by atoms with Crippen molar-refractivity contribution in [3.63, 3.8) is 0 Å². The van der Waals surface area contributed by atoms with Gasteiger partial charge in [-0.25, -0.2) is 0 Å². The number of aryl methyl sites for hydroxylation is 2. The third-order valence-corrected chi connectivity index (χ3v) is 4.32. The second-order valence-corrected chi connectivity index (χ2v) is 6.07. The molecule has 0 unspecified atom stereocenters. The van der Waals surface area contributed by atoms with E-state index in [-0.39, 0.29) is 10.9 Å². The van der Waals surface area contributed by atoms with E-state index in [1.54, 1.807) is 13.8 Å². The minimum Gasteiger partial charge on any atom is -0.416 e. The molecular formula is C13H13F3N6OS. The van der Waals surface area contributed by atoms with Gasteiger partial charge in [0, 0.05) is 12.0 Å². The zero-order chi connectivity index (χ0) is 17.5. The molecule has 3 aromatic heterocycles. The van der Waals surface area contributed by atoms with E-state index in [9.17, 15) is 13.2 Å². The summed E-state index contributed by atoms with van der Waals surface area (Å²) in [6, 6.07) is 0. The Labute approximate surface area is 138 Å². The van der Waals surface area contributed by atoms with Gasteiger partial charge >= 0.3 is 6.18 Å². The predicted octanol–water partition coefficient (Wildman–Crippen LogP) is 3.25. The van der Waals surface area contributed by atoms with Crippen molar-refractivity contribution in [1.82, 2.24) is 30.0 Å². The summed E-state index contributed by atoms with van der Waals surface area (Å²) in [5.74, 6) is -0.685. The summed E-state index contributed by atoms with van der Waals surface area (Å²) in [6.07, 6.45) is -3.15. The molecule has 0 radical (unpaired) electrons. The Balaban J connectivity index is 2.05. The van der Waals surface area contributed by atoms with Gasteiger partial charge in [0.2, 0.25) is 5.89 Å². The highest BCUT2D eigenvalue weighted by molar-refractivity contribution is 7.99. The fraction of sp³-hybridized carbons (Fsp3) is 0.462. The lowest BCUT2D eigenvalue weighted by molar-refractivity contribution is -0.146. The van der Waals surface area contributed by atoms with E-state index in [0.29, 0.717) is 33.0 Å². The van der Waals surface area contributed by atoms with Crippen LogP contribution in [0.25, 0.3) is 5.65 Å². The van der Waals surface area contributed by atoms with Crippen molar-refractivity contribution in [1.29, 1.82) is 0 Å². The van der Waals surface area contributed by atoms with Gasteiger partial charge in [-0.3, -0.25) is 0 Å². The normalized spacial score (nSPS) is 12.2. The molecule has 0 aliphatic carbocycles. The molecule has 0 amide bonds. The van der Waals surface area contributed by atoms with Crippen LogP contribution in [0.3, 0.4) is 0 Å². The Hall–Kier alpha value is -2.17.